The lowest BCUT2D eigenvalue weighted by molar-refractivity contribution is 0.282. The molecule has 1 aromatic rings. The molecule has 0 fully saturated rings. The highest BCUT2D eigenvalue weighted by atomic mass is 16.3. The summed E-state index contributed by atoms with van der Waals surface area (Å²) in [5.41, 5.74) is 1.92. The van der Waals surface area contributed by atoms with Gasteiger partial charge in [-0.2, -0.15) is 0 Å². The number of hydrogen-bond donors (Lipinski definition) is 2. The summed E-state index contributed by atoms with van der Waals surface area (Å²) < 4.78 is 0. The molecule has 0 bridgehead atoms. The van der Waals surface area contributed by atoms with Crippen LogP contribution >= 0.6 is 0 Å². The van der Waals surface area contributed by atoms with Gasteiger partial charge in [0.25, 0.3) is 0 Å². The minimum absolute atomic E-state index is 0.0721. The average Bonchev–Trinajstić information content (AvgIpc) is 2.25. The Balaban J connectivity index is 2.51. The van der Waals surface area contributed by atoms with Crippen molar-refractivity contribution >= 4 is 5.69 Å². The number of nitrogens with one attached hydrogen (secondary N) is 1. The molecule has 0 saturated carbocycles. The molecule has 2 N–H and O–H groups in total. The van der Waals surface area contributed by atoms with E-state index >= 15 is 0 Å². The van der Waals surface area contributed by atoms with Crippen molar-refractivity contribution in [3.8, 4) is 11.8 Å². The van der Waals surface area contributed by atoms with E-state index in [0.29, 0.717) is 0 Å². The molecular weight excluding hydrogens is 174 g/mol. The maximum atomic E-state index is 9.05. The molecule has 0 amide bonds. The molecule has 0 aliphatic rings. The van der Waals surface area contributed by atoms with E-state index in [2.05, 4.69) is 17.2 Å². The number of anilines is 1. The maximum absolute atomic E-state index is 9.05. The molecule has 0 radical (unpaired) electrons. The van der Waals surface area contributed by atoms with Crippen LogP contribution < -0.4 is 5.32 Å². The van der Waals surface area contributed by atoms with Gasteiger partial charge in [0.2, 0.25) is 0 Å². The third-order valence-electron chi connectivity index (χ3n) is 1.93. The normalized spacial score (nSPS) is 9.00. The van der Waals surface area contributed by atoms with Gasteiger partial charge in [-0.05, 0) is 13.0 Å². The monoisotopic (exact) mass is 189 g/mol. The Morgan fingerprint density at radius 1 is 1.36 bits per heavy atom. The van der Waals surface area contributed by atoms with Crippen LogP contribution in [0.1, 0.15) is 18.9 Å². The van der Waals surface area contributed by atoms with Gasteiger partial charge >= 0.3 is 0 Å². The highest BCUT2D eigenvalue weighted by molar-refractivity contribution is 5.50. The van der Waals surface area contributed by atoms with E-state index in [1.165, 1.54) is 0 Å². The second kappa shape index (κ2) is 6.06. The van der Waals surface area contributed by atoms with Gasteiger partial charge in [-0.3, -0.25) is 0 Å². The average molecular weight is 189 g/mol. The van der Waals surface area contributed by atoms with Crippen molar-refractivity contribution in [1.82, 2.24) is 0 Å². The fourth-order valence-electron chi connectivity index (χ4n) is 1.22. The summed E-state index contributed by atoms with van der Waals surface area (Å²) >= 11 is 0. The van der Waals surface area contributed by atoms with Gasteiger partial charge in [-0.1, -0.05) is 18.2 Å². The first-order valence-corrected chi connectivity index (χ1v) is 4.70. The predicted molar refractivity (Wildman–Crippen MR) is 58.9 cm³/mol. The summed E-state index contributed by atoms with van der Waals surface area (Å²) in [5.74, 6) is 5.82. The molecule has 0 heterocycles. The zero-order valence-electron chi connectivity index (χ0n) is 8.38. The summed E-state index contributed by atoms with van der Waals surface area (Å²) in [6.07, 6.45) is 0.830. The summed E-state index contributed by atoms with van der Waals surface area (Å²) in [4.78, 5) is 0. The van der Waals surface area contributed by atoms with Crippen LogP contribution in [0.15, 0.2) is 24.3 Å². The molecule has 2 heteroatoms. The third-order valence-corrected chi connectivity index (χ3v) is 1.93. The molecule has 14 heavy (non-hydrogen) atoms. The van der Waals surface area contributed by atoms with Crippen molar-refractivity contribution in [1.29, 1.82) is 0 Å². The van der Waals surface area contributed by atoms with E-state index < -0.39 is 0 Å². The van der Waals surface area contributed by atoms with E-state index in [4.69, 9.17) is 5.11 Å². The summed E-state index contributed by atoms with van der Waals surface area (Å²) in [6.45, 7) is 2.72. The quantitative estimate of drug-likeness (QED) is 0.561. The second-order valence-corrected chi connectivity index (χ2v) is 2.92. The fourth-order valence-corrected chi connectivity index (χ4v) is 1.22. The lowest BCUT2D eigenvalue weighted by Gasteiger charge is -2.08. The van der Waals surface area contributed by atoms with Crippen molar-refractivity contribution in [3.63, 3.8) is 0 Å². The first-order chi connectivity index (χ1) is 6.88. The summed E-state index contributed by atoms with van der Waals surface area (Å²) in [6, 6.07) is 7.74. The fraction of sp³-hybridized carbons (Fsp3) is 0.333. The molecule has 0 spiro atoms. The number of aliphatic hydroxyl groups is 1. The molecule has 0 aliphatic carbocycles. The summed E-state index contributed by atoms with van der Waals surface area (Å²) in [5, 5.41) is 12.3. The molecule has 0 unspecified atom stereocenters. The van der Waals surface area contributed by atoms with Crippen LogP contribution in [-0.2, 0) is 6.61 Å². The zero-order valence-corrected chi connectivity index (χ0v) is 8.38. The topological polar surface area (TPSA) is 32.3 Å². The highest BCUT2D eigenvalue weighted by Crippen LogP contribution is 2.14. The second-order valence-electron chi connectivity index (χ2n) is 2.92. The van der Waals surface area contributed by atoms with E-state index in [9.17, 15) is 0 Å². The van der Waals surface area contributed by atoms with E-state index in [0.717, 1.165) is 24.2 Å². The Labute approximate surface area is 85.0 Å². The van der Waals surface area contributed by atoms with Gasteiger partial charge in [0, 0.05) is 24.2 Å². The van der Waals surface area contributed by atoms with Gasteiger partial charge < -0.3 is 10.4 Å². The molecular formula is C12H15NO. The van der Waals surface area contributed by atoms with Gasteiger partial charge in [-0.25, -0.2) is 0 Å². The molecule has 0 aliphatic heterocycles. The molecule has 1 rings (SSSR count). The number of rotatable bonds is 4. The smallest absolute Gasteiger partial charge is 0.0701 e. The number of hydrogen-bond acceptors (Lipinski definition) is 2. The van der Waals surface area contributed by atoms with Crippen LogP contribution in [0, 0.1) is 11.8 Å². The Morgan fingerprint density at radius 2 is 2.14 bits per heavy atom. The highest BCUT2D eigenvalue weighted by Gasteiger charge is 1.97. The Morgan fingerprint density at radius 3 is 2.86 bits per heavy atom. The largest absolute Gasteiger partial charge is 0.392 e. The lowest BCUT2D eigenvalue weighted by Crippen LogP contribution is -2.03. The molecule has 0 saturated heterocycles. The van der Waals surface area contributed by atoms with Crippen LogP contribution in [0.2, 0.25) is 0 Å². The van der Waals surface area contributed by atoms with E-state index in [1.807, 2.05) is 31.2 Å². The minimum atomic E-state index is 0.0721. The van der Waals surface area contributed by atoms with Gasteiger partial charge in [0.1, 0.15) is 0 Å². The van der Waals surface area contributed by atoms with Crippen molar-refractivity contribution in [2.45, 2.75) is 20.0 Å². The number of benzene rings is 1. The Hall–Kier alpha value is -1.46. The maximum Gasteiger partial charge on any atom is 0.0701 e. The minimum Gasteiger partial charge on any atom is -0.392 e. The van der Waals surface area contributed by atoms with Crippen LogP contribution in [0.4, 0.5) is 5.69 Å². The van der Waals surface area contributed by atoms with Crippen LogP contribution in [-0.4, -0.2) is 11.7 Å². The first kappa shape index (κ1) is 10.6. The number of para-hydroxylation sites is 1. The Bertz CT molecular complexity index is 336. The van der Waals surface area contributed by atoms with Crippen LogP contribution in [0.25, 0.3) is 0 Å². The van der Waals surface area contributed by atoms with Crippen molar-refractivity contribution < 1.29 is 5.11 Å². The van der Waals surface area contributed by atoms with Crippen molar-refractivity contribution in [2.24, 2.45) is 0 Å². The molecule has 74 valence electrons. The van der Waals surface area contributed by atoms with E-state index in [-0.39, 0.29) is 6.61 Å². The van der Waals surface area contributed by atoms with Crippen LogP contribution in [0.3, 0.4) is 0 Å². The predicted octanol–water partition coefficient (Wildman–Crippen LogP) is 2.00. The lowest BCUT2D eigenvalue weighted by atomic mass is 10.2. The van der Waals surface area contributed by atoms with Crippen molar-refractivity contribution in [3.05, 3.63) is 29.8 Å². The molecule has 1 aromatic carbocycles. The summed E-state index contributed by atoms with van der Waals surface area (Å²) in [7, 11) is 0. The van der Waals surface area contributed by atoms with Crippen molar-refractivity contribution in [2.75, 3.05) is 11.9 Å². The van der Waals surface area contributed by atoms with Gasteiger partial charge in [0.15, 0.2) is 0 Å². The SMILES string of the molecule is CC#CCCNc1ccccc1CO. The molecule has 0 atom stereocenters. The first-order valence-electron chi connectivity index (χ1n) is 4.70. The van der Waals surface area contributed by atoms with E-state index in [1.54, 1.807) is 0 Å². The van der Waals surface area contributed by atoms with Crippen LogP contribution in [0.5, 0.6) is 0 Å². The number of aliphatic hydroxyl groups excluding tert-OH is 1. The Kier molecular flexibility index (Phi) is 4.60. The molecule has 2 nitrogen and oxygen atoms in total. The zero-order chi connectivity index (χ0) is 10.2. The van der Waals surface area contributed by atoms with Gasteiger partial charge in [-0.15, -0.1) is 11.8 Å². The standard InChI is InChI=1S/C12H15NO/c1-2-3-6-9-13-12-8-5-4-7-11(12)10-14/h4-5,7-8,13-14H,6,9-10H2,1H3. The third kappa shape index (κ3) is 3.12. The van der Waals surface area contributed by atoms with Gasteiger partial charge in [0.05, 0.1) is 6.61 Å². The molecule has 0 aromatic heterocycles.